The van der Waals surface area contributed by atoms with Gasteiger partial charge in [-0.15, -0.1) is 22.7 Å². The molecule has 0 aliphatic carbocycles. The van der Waals surface area contributed by atoms with Crippen molar-refractivity contribution in [3.8, 4) is 0 Å². The minimum absolute atomic E-state index is 0.00913. The molecule has 0 N–H and O–H groups in total. The highest BCUT2D eigenvalue weighted by atomic mass is 32.1. The Morgan fingerprint density at radius 3 is 2.64 bits per heavy atom. The van der Waals surface area contributed by atoms with Gasteiger partial charge in [0.05, 0.1) is 9.75 Å². The molecule has 1 fully saturated rings. The number of nitrogens with zero attached hydrogens (tertiary/aromatic N) is 3. The molecule has 22 heavy (non-hydrogen) atoms. The SMILES string of the molecule is CC(=O)c1ccc(C(=O)N2CCCN(c3nccs3)CC2)s1. The number of rotatable bonds is 3. The molecule has 3 heterocycles. The van der Waals surface area contributed by atoms with Crippen molar-refractivity contribution in [1.82, 2.24) is 9.88 Å². The van der Waals surface area contributed by atoms with Crippen molar-refractivity contribution in [3.05, 3.63) is 33.5 Å². The van der Waals surface area contributed by atoms with E-state index in [9.17, 15) is 9.59 Å². The Hall–Kier alpha value is -1.73. The monoisotopic (exact) mass is 335 g/mol. The van der Waals surface area contributed by atoms with Crippen LogP contribution in [0.2, 0.25) is 0 Å². The van der Waals surface area contributed by atoms with E-state index in [0.717, 1.165) is 31.2 Å². The average Bonchev–Trinajstić information content (AvgIpc) is 3.14. The fourth-order valence-corrected chi connectivity index (χ4v) is 4.05. The lowest BCUT2D eigenvalue weighted by Gasteiger charge is -2.21. The van der Waals surface area contributed by atoms with Crippen molar-refractivity contribution in [2.24, 2.45) is 0 Å². The predicted molar refractivity (Wildman–Crippen MR) is 89.2 cm³/mol. The Bertz CT molecular complexity index is 666. The summed E-state index contributed by atoms with van der Waals surface area (Å²) >= 11 is 2.91. The number of hydrogen-bond donors (Lipinski definition) is 0. The number of amides is 1. The van der Waals surface area contributed by atoms with Crippen molar-refractivity contribution in [2.75, 3.05) is 31.1 Å². The largest absolute Gasteiger partial charge is 0.346 e. The van der Waals surface area contributed by atoms with Crippen LogP contribution in [-0.4, -0.2) is 47.8 Å². The number of aromatic nitrogens is 1. The van der Waals surface area contributed by atoms with Gasteiger partial charge in [0.15, 0.2) is 10.9 Å². The van der Waals surface area contributed by atoms with Gasteiger partial charge in [0.25, 0.3) is 5.91 Å². The summed E-state index contributed by atoms with van der Waals surface area (Å²) < 4.78 is 0. The van der Waals surface area contributed by atoms with Gasteiger partial charge in [-0.25, -0.2) is 4.98 Å². The van der Waals surface area contributed by atoms with E-state index in [1.54, 1.807) is 23.5 Å². The molecular formula is C15H17N3O2S2. The first-order valence-electron chi connectivity index (χ1n) is 7.19. The molecule has 0 unspecified atom stereocenters. The number of anilines is 1. The first-order valence-corrected chi connectivity index (χ1v) is 8.89. The van der Waals surface area contributed by atoms with E-state index >= 15 is 0 Å². The third kappa shape index (κ3) is 3.20. The second-order valence-corrected chi connectivity index (χ2v) is 7.12. The third-order valence-electron chi connectivity index (χ3n) is 3.64. The number of Topliss-reactive ketones (excluding diaryl/α,β-unsaturated/α-hetero) is 1. The van der Waals surface area contributed by atoms with Gasteiger partial charge in [-0.3, -0.25) is 9.59 Å². The zero-order valence-electron chi connectivity index (χ0n) is 12.3. The van der Waals surface area contributed by atoms with Crippen LogP contribution < -0.4 is 4.90 Å². The maximum atomic E-state index is 12.6. The molecule has 0 atom stereocenters. The highest BCUT2D eigenvalue weighted by Gasteiger charge is 2.22. The molecule has 1 aliphatic rings. The van der Waals surface area contributed by atoms with Gasteiger partial charge in [-0.05, 0) is 25.5 Å². The van der Waals surface area contributed by atoms with E-state index in [-0.39, 0.29) is 11.7 Å². The lowest BCUT2D eigenvalue weighted by molar-refractivity contribution is 0.0771. The number of hydrogen-bond acceptors (Lipinski definition) is 6. The third-order valence-corrected chi connectivity index (χ3v) is 5.64. The van der Waals surface area contributed by atoms with E-state index in [1.165, 1.54) is 18.3 Å². The molecule has 0 spiro atoms. The molecule has 116 valence electrons. The molecule has 1 aliphatic heterocycles. The van der Waals surface area contributed by atoms with Crippen molar-refractivity contribution >= 4 is 39.5 Å². The quantitative estimate of drug-likeness (QED) is 0.810. The summed E-state index contributed by atoms with van der Waals surface area (Å²) in [7, 11) is 0. The summed E-state index contributed by atoms with van der Waals surface area (Å²) in [6.45, 7) is 4.67. The summed E-state index contributed by atoms with van der Waals surface area (Å²) in [6, 6.07) is 3.49. The van der Waals surface area contributed by atoms with Gasteiger partial charge in [0.1, 0.15) is 0 Å². The summed E-state index contributed by atoms with van der Waals surface area (Å²) in [6.07, 6.45) is 2.74. The summed E-state index contributed by atoms with van der Waals surface area (Å²) in [5.41, 5.74) is 0. The Labute approximate surface area is 137 Å². The molecule has 7 heteroatoms. The van der Waals surface area contributed by atoms with Crippen LogP contribution >= 0.6 is 22.7 Å². The Morgan fingerprint density at radius 2 is 1.95 bits per heavy atom. The van der Waals surface area contributed by atoms with E-state index in [0.29, 0.717) is 16.3 Å². The zero-order valence-corrected chi connectivity index (χ0v) is 14.0. The maximum Gasteiger partial charge on any atom is 0.264 e. The molecular weight excluding hydrogens is 318 g/mol. The van der Waals surface area contributed by atoms with Crippen LogP contribution in [0.3, 0.4) is 0 Å². The van der Waals surface area contributed by atoms with Crippen LogP contribution in [0.1, 0.15) is 32.7 Å². The minimum Gasteiger partial charge on any atom is -0.346 e. The number of thiophene rings is 1. The van der Waals surface area contributed by atoms with Gasteiger partial charge < -0.3 is 9.80 Å². The second kappa shape index (κ2) is 6.58. The number of thiazole rings is 1. The van der Waals surface area contributed by atoms with E-state index in [1.807, 2.05) is 16.5 Å². The van der Waals surface area contributed by atoms with E-state index < -0.39 is 0 Å². The van der Waals surface area contributed by atoms with Crippen molar-refractivity contribution in [1.29, 1.82) is 0 Å². The van der Waals surface area contributed by atoms with E-state index in [2.05, 4.69) is 9.88 Å². The average molecular weight is 335 g/mol. The lowest BCUT2D eigenvalue weighted by atomic mass is 10.3. The number of carbonyl (C=O) groups excluding carboxylic acids is 2. The molecule has 2 aromatic heterocycles. The predicted octanol–water partition coefficient (Wildman–Crippen LogP) is 2.76. The van der Waals surface area contributed by atoms with Crippen LogP contribution in [0, 0.1) is 0 Å². The Kier molecular flexibility index (Phi) is 4.54. The van der Waals surface area contributed by atoms with Crippen LogP contribution in [0.4, 0.5) is 5.13 Å². The van der Waals surface area contributed by atoms with Crippen LogP contribution in [0.15, 0.2) is 23.7 Å². The van der Waals surface area contributed by atoms with Gasteiger partial charge in [0.2, 0.25) is 0 Å². The lowest BCUT2D eigenvalue weighted by Crippen LogP contribution is -2.34. The van der Waals surface area contributed by atoms with Crippen molar-refractivity contribution in [3.63, 3.8) is 0 Å². The second-order valence-electron chi connectivity index (χ2n) is 5.17. The standard InChI is InChI=1S/C15H17N3O2S2/c1-11(19)12-3-4-13(22-12)14(20)17-6-2-7-18(9-8-17)15-16-5-10-21-15/h3-5,10H,2,6-9H2,1H3. The molecule has 0 bridgehead atoms. The molecule has 0 radical (unpaired) electrons. The summed E-state index contributed by atoms with van der Waals surface area (Å²) in [5.74, 6) is 0.0355. The summed E-state index contributed by atoms with van der Waals surface area (Å²) in [4.78, 5) is 33.7. The smallest absolute Gasteiger partial charge is 0.264 e. The highest BCUT2D eigenvalue weighted by molar-refractivity contribution is 7.16. The highest BCUT2D eigenvalue weighted by Crippen LogP contribution is 2.22. The topological polar surface area (TPSA) is 53.5 Å². The van der Waals surface area contributed by atoms with Crippen LogP contribution in [-0.2, 0) is 0 Å². The Morgan fingerprint density at radius 1 is 1.14 bits per heavy atom. The Balaban J connectivity index is 1.67. The normalized spacial score (nSPS) is 15.7. The number of carbonyl (C=O) groups is 2. The molecule has 5 nitrogen and oxygen atoms in total. The zero-order chi connectivity index (χ0) is 15.5. The summed E-state index contributed by atoms with van der Waals surface area (Å²) in [5, 5.41) is 2.99. The molecule has 0 saturated carbocycles. The number of ketones is 1. The van der Waals surface area contributed by atoms with Crippen LogP contribution in [0.25, 0.3) is 0 Å². The van der Waals surface area contributed by atoms with Gasteiger partial charge >= 0.3 is 0 Å². The molecule has 3 rings (SSSR count). The molecule has 1 saturated heterocycles. The molecule has 2 aromatic rings. The molecule has 0 aromatic carbocycles. The minimum atomic E-state index is 0.00913. The first kappa shape index (κ1) is 15.2. The maximum absolute atomic E-state index is 12.6. The van der Waals surface area contributed by atoms with E-state index in [4.69, 9.17) is 0 Å². The fourth-order valence-electron chi connectivity index (χ4n) is 2.48. The van der Waals surface area contributed by atoms with Crippen molar-refractivity contribution < 1.29 is 9.59 Å². The fraction of sp³-hybridized carbons (Fsp3) is 0.400. The van der Waals surface area contributed by atoms with Gasteiger partial charge in [0, 0.05) is 37.8 Å². The molecule has 1 amide bonds. The first-order chi connectivity index (χ1) is 10.6. The van der Waals surface area contributed by atoms with Gasteiger partial charge in [-0.2, -0.15) is 0 Å². The van der Waals surface area contributed by atoms with Crippen LogP contribution in [0.5, 0.6) is 0 Å². The van der Waals surface area contributed by atoms with Crippen molar-refractivity contribution in [2.45, 2.75) is 13.3 Å². The van der Waals surface area contributed by atoms with Gasteiger partial charge in [-0.1, -0.05) is 0 Å².